The maximum atomic E-state index is 3.72. The Morgan fingerprint density at radius 2 is 2.21 bits per heavy atom. The van der Waals surface area contributed by atoms with Crippen molar-refractivity contribution in [2.45, 2.75) is 44.1 Å². The second-order valence-corrected chi connectivity index (χ2v) is 5.46. The molecule has 2 heterocycles. The molecule has 2 atom stereocenters. The van der Waals surface area contributed by atoms with Gasteiger partial charge in [-0.25, -0.2) is 0 Å². The van der Waals surface area contributed by atoms with E-state index in [0.29, 0.717) is 0 Å². The zero-order valence-corrected chi connectivity index (χ0v) is 9.28. The molecule has 0 aromatic carbocycles. The summed E-state index contributed by atoms with van der Waals surface area (Å²) < 4.78 is 0. The van der Waals surface area contributed by atoms with Crippen molar-refractivity contribution in [1.82, 2.24) is 5.32 Å². The van der Waals surface area contributed by atoms with Crippen molar-refractivity contribution in [3.05, 3.63) is 21.9 Å². The Balaban J connectivity index is 1.96. The highest BCUT2D eigenvalue weighted by molar-refractivity contribution is 7.10. The van der Waals surface area contributed by atoms with E-state index >= 15 is 0 Å². The zero-order valence-electron chi connectivity index (χ0n) is 8.46. The van der Waals surface area contributed by atoms with Crippen molar-refractivity contribution in [3.8, 4) is 0 Å². The molecule has 1 aliphatic heterocycles. The molecule has 1 N–H and O–H groups in total. The molecule has 1 nitrogen and oxygen atoms in total. The molecule has 0 amide bonds. The fraction of sp³-hybridized carbons (Fsp3) is 0.667. The van der Waals surface area contributed by atoms with Gasteiger partial charge in [-0.1, -0.05) is 12.8 Å². The summed E-state index contributed by atoms with van der Waals surface area (Å²) in [5.41, 5.74) is 1.62. The Labute approximate surface area is 89.5 Å². The van der Waals surface area contributed by atoms with Gasteiger partial charge in [-0.2, -0.15) is 0 Å². The normalized spacial score (nSPS) is 31.7. The molecule has 2 aliphatic rings. The van der Waals surface area contributed by atoms with Crippen LogP contribution in [0.15, 0.2) is 11.4 Å². The van der Waals surface area contributed by atoms with Crippen LogP contribution < -0.4 is 5.32 Å². The predicted molar refractivity (Wildman–Crippen MR) is 61.0 cm³/mol. The number of nitrogens with one attached hydrogen (secondary N) is 1. The molecule has 0 saturated heterocycles. The first-order chi connectivity index (χ1) is 6.95. The topological polar surface area (TPSA) is 12.0 Å². The van der Waals surface area contributed by atoms with Gasteiger partial charge in [-0.15, -0.1) is 11.3 Å². The summed E-state index contributed by atoms with van der Waals surface area (Å²) in [6.07, 6.45) is 6.90. The van der Waals surface area contributed by atoms with Crippen molar-refractivity contribution in [2.24, 2.45) is 0 Å². The molecule has 3 rings (SSSR count). The summed E-state index contributed by atoms with van der Waals surface area (Å²) in [6, 6.07) is 3.11. The maximum Gasteiger partial charge on any atom is 0.0144 e. The Hall–Kier alpha value is -0.340. The van der Waals surface area contributed by atoms with Crippen molar-refractivity contribution in [2.75, 3.05) is 6.54 Å². The van der Waals surface area contributed by atoms with Gasteiger partial charge in [-0.3, -0.25) is 0 Å². The second kappa shape index (κ2) is 3.67. The van der Waals surface area contributed by atoms with Crippen LogP contribution in [0.3, 0.4) is 0 Å². The molecular formula is C12H17NS. The molecule has 1 aromatic heterocycles. The van der Waals surface area contributed by atoms with Crippen LogP contribution in [-0.2, 0) is 6.42 Å². The molecule has 0 radical (unpaired) electrons. The van der Waals surface area contributed by atoms with Gasteiger partial charge in [0.25, 0.3) is 0 Å². The third-order valence-corrected chi connectivity index (χ3v) is 4.78. The summed E-state index contributed by atoms with van der Waals surface area (Å²) in [7, 11) is 0. The lowest BCUT2D eigenvalue weighted by atomic mass is 9.83. The average Bonchev–Trinajstić information content (AvgIpc) is 2.61. The second-order valence-electron chi connectivity index (χ2n) is 4.51. The first-order valence-electron chi connectivity index (χ1n) is 5.75. The fourth-order valence-electron chi connectivity index (χ4n) is 2.96. The maximum absolute atomic E-state index is 3.72. The Morgan fingerprint density at radius 1 is 1.29 bits per heavy atom. The molecule has 2 unspecified atom stereocenters. The summed E-state index contributed by atoms with van der Waals surface area (Å²) in [5, 5.41) is 6.00. The molecule has 0 spiro atoms. The van der Waals surface area contributed by atoms with Crippen LogP contribution in [0.1, 0.15) is 42.0 Å². The van der Waals surface area contributed by atoms with Gasteiger partial charge >= 0.3 is 0 Å². The zero-order chi connectivity index (χ0) is 9.38. The molecule has 1 saturated carbocycles. The third-order valence-electron chi connectivity index (χ3n) is 3.68. The quantitative estimate of drug-likeness (QED) is 0.689. The largest absolute Gasteiger partial charge is 0.313 e. The lowest BCUT2D eigenvalue weighted by Crippen LogP contribution is -2.36. The minimum Gasteiger partial charge on any atom is -0.313 e. The van der Waals surface area contributed by atoms with Crippen molar-refractivity contribution < 1.29 is 0 Å². The van der Waals surface area contributed by atoms with Crippen molar-refractivity contribution in [3.63, 3.8) is 0 Å². The van der Waals surface area contributed by atoms with Crippen LogP contribution in [0, 0.1) is 0 Å². The molecule has 1 aliphatic carbocycles. The molecule has 1 fully saturated rings. The van der Waals surface area contributed by atoms with Crippen LogP contribution in [0.25, 0.3) is 0 Å². The molecule has 2 heteroatoms. The first-order valence-corrected chi connectivity index (χ1v) is 6.63. The van der Waals surface area contributed by atoms with E-state index in [4.69, 9.17) is 0 Å². The summed E-state index contributed by atoms with van der Waals surface area (Å²) in [5.74, 6) is 0.834. The van der Waals surface area contributed by atoms with Crippen LogP contribution in [0.5, 0.6) is 0 Å². The van der Waals surface area contributed by atoms with Gasteiger partial charge in [0.05, 0.1) is 0 Å². The van der Waals surface area contributed by atoms with E-state index in [-0.39, 0.29) is 0 Å². The number of rotatable bonds is 0. The van der Waals surface area contributed by atoms with E-state index in [9.17, 15) is 0 Å². The van der Waals surface area contributed by atoms with Crippen LogP contribution >= 0.6 is 11.3 Å². The molecule has 0 bridgehead atoms. The average molecular weight is 207 g/mol. The highest BCUT2D eigenvalue weighted by Crippen LogP contribution is 2.39. The number of hydrogen-bond acceptors (Lipinski definition) is 2. The van der Waals surface area contributed by atoms with E-state index < -0.39 is 0 Å². The van der Waals surface area contributed by atoms with Gasteiger partial charge in [-0.05, 0) is 42.8 Å². The van der Waals surface area contributed by atoms with Gasteiger partial charge in [0.1, 0.15) is 0 Å². The predicted octanol–water partition coefficient (Wildman–Crippen LogP) is 2.92. The van der Waals surface area contributed by atoms with Gasteiger partial charge in [0.2, 0.25) is 0 Å². The third kappa shape index (κ3) is 1.41. The van der Waals surface area contributed by atoms with Gasteiger partial charge < -0.3 is 5.32 Å². The Bertz CT molecular complexity index is 318. The van der Waals surface area contributed by atoms with Gasteiger partial charge in [0.15, 0.2) is 0 Å². The summed E-state index contributed by atoms with van der Waals surface area (Å²) in [4.78, 5) is 1.69. The van der Waals surface area contributed by atoms with Crippen molar-refractivity contribution in [1.29, 1.82) is 0 Å². The Kier molecular flexibility index (Phi) is 2.34. The highest BCUT2D eigenvalue weighted by Gasteiger charge is 2.30. The Morgan fingerprint density at radius 3 is 3.21 bits per heavy atom. The number of thiophene rings is 1. The lowest BCUT2D eigenvalue weighted by Gasteiger charge is -2.30. The van der Waals surface area contributed by atoms with E-state index in [2.05, 4.69) is 16.8 Å². The molecule has 76 valence electrons. The van der Waals surface area contributed by atoms with Crippen LogP contribution in [-0.4, -0.2) is 12.6 Å². The van der Waals surface area contributed by atoms with E-state index in [0.717, 1.165) is 12.0 Å². The molecule has 1 aromatic rings. The van der Waals surface area contributed by atoms with Crippen LogP contribution in [0.2, 0.25) is 0 Å². The standard InChI is InChI=1S/C12H17NS/c1-2-4-11-10(3-1)12-9(5-7-13-11)6-8-14-12/h6,8,10-11,13H,1-5,7H2. The minimum atomic E-state index is 0.781. The molecule has 14 heavy (non-hydrogen) atoms. The SMILES string of the molecule is c1cc2c(s1)C1CCCCC1NCC2. The fourth-order valence-corrected chi connectivity index (χ4v) is 4.12. The monoisotopic (exact) mass is 207 g/mol. The van der Waals surface area contributed by atoms with Crippen molar-refractivity contribution >= 4 is 11.3 Å². The number of hydrogen-bond donors (Lipinski definition) is 1. The highest BCUT2D eigenvalue weighted by atomic mass is 32.1. The van der Waals surface area contributed by atoms with E-state index in [1.807, 2.05) is 11.3 Å². The van der Waals surface area contributed by atoms with E-state index in [1.165, 1.54) is 38.6 Å². The number of fused-ring (bicyclic) bond motifs is 3. The first kappa shape index (κ1) is 8.93. The van der Waals surface area contributed by atoms with Gasteiger partial charge in [0, 0.05) is 16.8 Å². The smallest absolute Gasteiger partial charge is 0.0144 e. The lowest BCUT2D eigenvalue weighted by molar-refractivity contribution is 0.340. The minimum absolute atomic E-state index is 0.781. The van der Waals surface area contributed by atoms with Crippen LogP contribution in [0.4, 0.5) is 0 Å². The summed E-state index contributed by atoms with van der Waals surface area (Å²) >= 11 is 1.98. The summed E-state index contributed by atoms with van der Waals surface area (Å²) in [6.45, 7) is 1.19. The molecular weight excluding hydrogens is 190 g/mol. The van der Waals surface area contributed by atoms with E-state index in [1.54, 1.807) is 10.4 Å².